The lowest BCUT2D eigenvalue weighted by atomic mass is 10.2. The van der Waals surface area contributed by atoms with E-state index >= 15 is 0 Å². The van der Waals surface area contributed by atoms with Gasteiger partial charge in [0.05, 0.1) is 5.75 Å². The number of para-hydroxylation sites is 1. The average Bonchev–Trinajstić information content (AvgIpc) is 3.07. The number of carbonyl (C=O) groups is 1. The molecule has 0 atom stereocenters. The summed E-state index contributed by atoms with van der Waals surface area (Å²) in [4.78, 5) is 30.1. The largest absolute Gasteiger partial charge is 0.448 e. The quantitative estimate of drug-likeness (QED) is 0.381. The molecular formula is C22H21N3O3S. The third kappa shape index (κ3) is 3.78. The van der Waals surface area contributed by atoms with Crippen molar-refractivity contribution in [1.29, 1.82) is 0 Å². The second-order valence-electron chi connectivity index (χ2n) is 7.14. The summed E-state index contributed by atoms with van der Waals surface area (Å²) in [7, 11) is 0. The molecule has 7 heteroatoms. The summed E-state index contributed by atoms with van der Waals surface area (Å²) in [6.45, 7) is 5.82. The smallest absolute Gasteiger partial charge is 0.298 e. The number of aryl methyl sites for hydroxylation is 1. The van der Waals surface area contributed by atoms with E-state index in [9.17, 15) is 9.59 Å². The maximum atomic E-state index is 13.0. The topological polar surface area (TPSA) is 77.1 Å². The van der Waals surface area contributed by atoms with E-state index < -0.39 is 0 Å². The van der Waals surface area contributed by atoms with E-state index in [0.717, 1.165) is 16.6 Å². The zero-order valence-electron chi connectivity index (χ0n) is 16.4. The van der Waals surface area contributed by atoms with Gasteiger partial charge in [-0.2, -0.15) is 0 Å². The fraction of sp³-hybridized carbons (Fsp3) is 0.227. The van der Waals surface area contributed by atoms with E-state index in [1.165, 1.54) is 11.8 Å². The Hall–Kier alpha value is -3.06. The number of amides is 1. The first-order chi connectivity index (χ1) is 13.9. The van der Waals surface area contributed by atoms with Crippen LogP contribution >= 0.6 is 11.8 Å². The Balaban J connectivity index is 1.65. The summed E-state index contributed by atoms with van der Waals surface area (Å²) >= 11 is 1.24. The van der Waals surface area contributed by atoms with Gasteiger partial charge in [-0.25, -0.2) is 4.98 Å². The van der Waals surface area contributed by atoms with E-state index in [1.807, 2.05) is 69.3 Å². The van der Waals surface area contributed by atoms with Crippen molar-refractivity contribution < 1.29 is 9.21 Å². The van der Waals surface area contributed by atoms with Crippen molar-refractivity contribution in [2.45, 2.75) is 32.0 Å². The van der Waals surface area contributed by atoms with Gasteiger partial charge in [-0.3, -0.25) is 14.2 Å². The van der Waals surface area contributed by atoms with Crippen LogP contribution in [0, 0.1) is 6.92 Å². The SMILES string of the molecule is Cc1ccc(NC(=O)CSc2nc3c(oc4ccccc43)c(=O)n2C(C)C)cc1. The van der Waals surface area contributed by atoms with Gasteiger partial charge in [-0.05, 0) is 45.0 Å². The van der Waals surface area contributed by atoms with Gasteiger partial charge in [-0.15, -0.1) is 0 Å². The van der Waals surface area contributed by atoms with Gasteiger partial charge in [0.25, 0.3) is 5.56 Å². The molecule has 29 heavy (non-hydrogen) atoms. The maximum Gasteiger partial charge on any atom is 0.298 e. The summed E-state index contributed by atoms with van der Waals surface area (Å²) in [5.41, 5.74) is 3.04. The Morgan fingerprint density at radius 3 is 2.62 bits per heavy atom. The number of fused-ring (bicyclic) bond motifs is 3. The molecule has 2 aromatic carbocycles. The van der Waals surface area contributed by atoms with E-state index in [1.54, 1.807) is 4.57 Å². The first kappa shape index (κ1) is 19.3. The minimum Gasteiger partial charge on any atom is -0.448 e. The van der Waals surface area contributed by atoms with Crippen LogP contribution in [0.3, 0.4) is 0 Å². The molecule has 0 aliphatic carbocycles. The molecule has 2 aromatic heterocycles. The van der Waals surface area contributed by atoms with Crippen LogP contribution < -0.4 is 10.9 Å². The second kappa shape index (κ2) is 7.75. The molecule has 0 saturated heterocycles. The summed E-state index contributed by atoms with van der Waals surface area (Å²) in [6.07, 6.45) is 0. The van der Waals surface area contributed by atoms with Gasteiger partial charge >= 0.3 is 0 Å². The predicted molar refractivity (Wildman–Crippen MR) is 117 cm³/mol. The maximum absolute atomic E-state index is 13.0. The Morgan fingerprint density at radius 1 is 1.17 bits per heavy atom. The van der Waals surface area contributed by atoms with Gasteiger partial charge in [0.2, 0.25) is 11.5 Å². The number of hydrogen-bond acceptors (Lipinski definition) is 5. The van der Waals surface area contributed by atoms with Gasteiger partial charge in [0.1, 0.15) is 11.1 Å². The van der Waals surface area contributed by atoms with Crippen molar-refractivity contribution in [1.82, 2.24) is 9.55 Å². The van der Waals surface area contributed by atoms with Gasteiger partial charge in [-0.1, -0.05) is 41.6 Å². The van der Waals surface area contributed by atoms with Crippen molar-refractivity contribution in [3.8, 4) is 0 Å². The lowest BCUT2D eigenvalue weighted by molar-refractivity contribution is -0.113. The fourth-order valence-electron chi connectivity index (χ4n) is 3.15. The van der Waals surface area contributed by atoms with E-state index in [2.05, 4.69) is 10.3 Å². The number of carbonyl (C=O) groups excluding carboxylic acids is 1. The predicted octanol–water partition coefficient (Wildman–Crippen LogP) is 4.76. The van der Waals surface area contributed by atoms with Crippen molar-refractivity contribution in [3.05, 3.63) is 64.4 Å². The molecule has 0 radical (unpaired) electrons. The summed E-state index contributed by atoms with van der Waals surface area (Å²) in [5.74, 6) is -0.00511. The summed E-state index contributed by atoms with van der Waals surface area (Å²) in [6, 6.07) is 14.9. The second-order valence-corrected chi connectivity index (χ2v) is 8.08. The van der Waals surface area contributed by atoms with Crippen LogP contribution in [0.5, 0.6) is 0 Å². The number of benzene rings is 2. The van der Waals surface area contributed by atoms with Crippen LogP contribution in [0.15, 0.2) is 62.9 Å². The van der Waals surface area contributed by atoms with Crippen LogP contribution in [0.2, 0.25) is 0 Å². The standard InChI is InChI=1S/C22H21N3O3S/c1-13(2)25-21(27)20-19(16-6-4-5-7-17(16)28-20)24-22(25)29-12-18(26)23-15-10-8-14(3)9-11-15/h4-11,13H,12H2,1-3H3,(H,23,26). The molecule has 0 saturated carbocycles. The van der Waals surface area contributed by atoms with Gasteiger partial charge < -0.3 is 9.73 Å². The Bertz CT molecular complexity index is 1260. The van der Waals surface area contributed by atoms with Gasteiger partial charge in [0.15, 0.2) is 5.16 Å². The molecule has 2 heterocycles. The minimum absolute atomic E-state index is 0.115. The van der Waals surface area contributed by atoms with E-state index in [4.69, 9.17) is 4.42 Å². The summed E-state index contributed by atoms with van der Waals surface area (Å²) < 4.78 is 7.34. The molecule has 1 N–H and O–H groups in total. The van der Waals surface area contributed by atoms with Crippen LogP contribution in [0.25, 0.3) is 22.1 Å². The van der Waals surface area contributed by atoms with E-state index in [-0.39, 0.29) is 28.8 Å². The highest BCUT2D eigenvalue weighted by Gasteiger charge is 2.20. The third-order valence-corrected chi connectivity index (χ3v) is 5.53. The molecule has 6 nitrogen and oxygen atoms in total. The first-order valence-electron chi connectivity index (χ1n) is 9.37. The first-order valence-corrected chi connectivity index (χ1v) is 10.4. The number of nitrogens with one attached hydrogen (secondary N) is 1. The number of aromatic nitrogens is 2. The lowest BCUT2D eigenvalue weighted by Crippen LogP contribution is -2.25. The van der Waals surface area contributed by atoms with Crippen molar-refractivity contribution >= 4 is 45.4 Å². The molecule has 0 aliphatic rings. The van der Waals surface area contributed by atoms with Crippen LogP contribution in [0.1, 0.15) is 25.5 Å². The number of rotatable bonds is 5. The Labute approximate surface area is 171 Å². The third-order valence-electron chi connectivity index (χ3n) is 4.58. The fourth-order valence-corrected chi connectivity index (χ4v) is 4.08. The number of thioether (sulfide) groups is 1. The number of anilines is 1. The minimum atomic E-state index is -0.234. The highest BCUT2D eigenvalue weighted by molar-refractivity contribution is 7.99. The van der Waals surface area contributed by atoms with Crippen molar-refractivity contribution in [3.63, 3.8) is 0 Å². The van der Waals surface area contributed by atoms with E-state index in [0.29, 0.717) is 16.3 Å². The molecule has 4 rings (SSSR count). The molecule has 0 aliphatic heterocycles. The highest BCUT2D eigenvalue weighted by atomic mass is 32.2. The van der Waals surface area contributed by atoms with Crippen LogP contribution in [-0.4, -0.2) is 21.2 Å². The molecular weight excluding hydrogens is 386 g/mol. The molecule has 1 amide bonds. The van der Waals surface area contributed by atoms with Crippen molar-refractivity contribution in [2.24, 2.45) is 0 Å². The van der Waals surface area contributed by atoms with Crippen LogP contribution in [0.4, 0.5) is 5.69 Å². The average molecular weight is 407 g/mol. The molecule has 0 unspecified atom stereocenters. The molecule has 148 valence electrons. The number of furan rings is 1. The molecule has 0 spiro atoms. The molecule has 0 bridgehead atoms. The monoisotopic (exact) mass is 407 g/mol. The molecule has 4 aromatic rings. The lowest BCUT2D eigenvalue weighted by Gasteiger charge is -2.14. The van der Waals surface area contributed by atoms with Crippen molar-refractivity contribution in [2.75, 3.05) is 11.1 Å². The Kier molecular flexibility index (Phi) is 5.15. The zero-order chi connectivity index (χ0) is 20.5. The Morgan fingerprint density at radius 2 is 1.90 bits per heavy atom. The summed E-state index contributed by atoms with van der Waals surface area (Å²) in [5, 5.41) is 4.17. The normalized spacial score (nSPS) is 11.4. The highest BCUT2D eigenvalue weighted by Crippen LogP contribution is 2.28. The van der Waals surface area contributed by atoms with Crippen LogP contribution in [-0.2, 0) is 4.79 Å². The number of nitrogens with zero attached hydrogens (tertiary/aromatic N) is 2. The van der Waals surface area contributed by atoms with Gasteiger partial charge in [0, 0.05) is 17.1 Å². The zero-order valence-corrected chi connectivity index (χ0v) is 17.2. The number of hydrogen-bond donors (Lipinski definition) is 1. The molecule has 0 fully saturated rings.